The molecule has 10 nitrogen and oxygen atoms in total. The summed E-state index contributed by atoms with van der Waals surface area (Å²) < 4.78 is 24.1. The number of hydrogen-bond donors (Lipinski definition) is 3. The molecule has 0 radical (unpaired) electrons. The summed E-state index contributed by atoms with van der Waals surface area (Å²) in [6, 6.07) is 1.22. The molecule has 2 amide bonds. The number of fused-ring (bicyclic) bond motifs is 3. The lowest BCUT2D eigenvalue weighted by molar-refractivity contribution is 0.0994. The maximum Gasteiger partial charge on any atom is 0.354 e. The number of ether oxygens (including phenoxy) is 1. The van der Waals surface area contributed by atoms with Crippen LogP contribution in [0.15, 0.2) is 21.5 Å². The van der Waals surface area contributed by atoms with Gasteiger partial charge in [-0.3, -0.25) is 4.79 Å². The summed E-state index contributed by atoms with van der Waals surface area (Å²) in [6.07, 6.45) is 5.00. The summed E-state index contributed by atoms with van der Waals surface area (Å²) in [6.45, 7) is 0.900. The number of rotatable bonds is 3. The summed E-state index contributed by atoms with van der Waals surface area (Å²) in [5.74, 6) is 0.353. The van der Waals surface area contributed by atoms with Gasteiger partial charge in [-0.05, 0) is 55.5 Å². The number of nitrogens with zero attached hydrogens (tertiary/aromatic N) is 3. The van der Waals surface area contributed by atoms with Crippen LogP contribution in [0.3, 0.4) is 0 Å². The first-order valence-corrected chi connectivity index (χ1v) is 11.9. The Labute approximate surface area is 179 Å². The lowest BCUT2D eigenvalue weighted by Crippen LogP contribution is -2.40. The molecule has 4 N–H and O–H groups in total. The van der Waals surface area contributed by atoms with E-state index in [4.69, 9.17) is 9.88 Å². The summed E-state index contributed by atoms with van der Waals surface area (Å²) in [5, 5.41) is 16.0. The van der Waals surface area contributed by atoms with Gasteiger partial charge < -0.3 is 15.4 Å². The highest BCUT2D eigenvalue weighted by molar-refractivity contribution is 7.91. The Hall–Kier alpha value is -2.76. The number of likely N-dealkylation sites (N-methyl/N-ethyl adjacent to an activating group) is 1. The van der Waals surface area contributed by atoms with Crippen molar-refractivity contribution in [1.29, 1.82) is 0 Å². The highest BCUT2D eigenvalue weighted by Crippen LogP contribution is 2.38. The highest BCUT2D eigenvalue weighted by Gasteiger charge is 2.30. The Morgan fingerprint density at radius 3 is 2.97 bits per heavy atom. The monoisotopic (exact) mass is 444 g/mol. The molecule has 1 aliphatic heterocycles. The van der Waals surface area contributed by atoms with Crippen molar-refractivity contribution in [3.8, 4) is 5.88 Å². The number of nitrogens with two attached hydrogens (primary N) is 1. The van der Waals surface area contributed by atoms with E-state index in [0.29, 0.717) is 37.2 Å². The number of aromatic nitrogens is 2. The quantitative estimate of drug-likeness (QED) is 0.654. The molecule has 11 heteroatoms. The summed E-state index contributed by atoms with van der Waals surface area (Å²) >= 11 is 0. The number of hydrogen-bond acceptors (Lipinski definition) is 6. The minimum atomic E-state index is -3.57. The summed E-state index contributed by atoms with van der Waals surface area (Å²) in [4.78, 5) is 25.1. The topological polar surface area (TPSA) is 141 Å². The van der Waals surface area contributed by atoms with Gasteiger partial charge >= 0.3 is 6.03 Å². The van der Waals surface area contributed by atoms with Gasteiger partial charge in [0.05, 0.1) is 18.8 Å². The maximum atomic E-state index is 13.1. The number of urea groups is 1. The molecule has 2 unspecified atom stereocenters. The van der Waals surface area contributed by atoms with Crippen LogP contribution in [0.25, 0.3) is 0 Å². The predicted molar refractivity (Wildman–Crippen MR) is 114 cm³/mol. The van der Waals surface area contributed by atoms with Crippen LogP contribution in [-0.2, 0) is 35.7 Å². The van der Waals surface area contributed by atoms with Gasteiger partial charge in [0.15, 0.2) is 15.7 Å². The van der Waals surface area contributed by atoms with Gasteiger partial charge in [-0.15, -0.1) is 4.36 Å². The number of benzene rings is 1. The Balaban J connectivity index is 1.47. The second-order valence-electron chi connectivity index (χ2n) is 8.07. The number of nitrogens with one attached hydrogen (secondary N) is 2. The van der Waals surface area contributed by atoms with E-state index in [2.05, 4.69) is 20.1 Å². The zero-order valence-electron chi connectivity index (χ0n) is 17.1. The first-order valence-electron chi connectivity index (χ1n) is 10.3. The second kappa shape index (κ2) is 7.43. The molecule has 0 bridgehead atoms. The molecule has 2 aromatic rings. The fourth-order valence-electron chi connectivity index (χ4n) is 4.57. The van der Waals surface area contributed by atoms with E-state index in [0.717, 1.165) is 36.0 Å². The largest absolute Gasteiger partial charge is 0.475 e. The van der Waals surface area contributed by atoms with Crippen LogP contribution in [0.2, 0.25) is 0 Å². The van der Waals surface area contributed by atoms with Crippen molar-refractivity contribution >= 4 is 27.4 Å². The fraction of sp³-hybridized carbons (Fsp3) is 0.450. The number of carbonyl (C=O) groups is 2. The number of Topliss-reactive ketones (excluding diaryl/α,β-unsaturated/α-hetero) is 1. The van der Waals surface area contributed by atoms with Crippen molar-refractivity contribution < 1.29 is 18.5 Å². The van der Waals surface area contributed by atoms with Crippen LogP contribution in [0.4, 0.5) is 10.5 Å². The van der Waals surface area contributed by atoms with Gasteiger partial charge in [0, 0.05) is 17.7 Å². The summed E-state index contributed by atoms with van der Waals surface area (Å²) in [7, 11) is -1.75. The SMILES string of the molecule is CNC1COc2c(S(N)(=O)=NC(=O)Nc3c4c(cc5c3CCC5=O)CCC4)cnn2C1. The first-order chi connectivity index (χ1) is 14.9. The van der Waals surface area contributed by atoms with Crippen molar-refractivity contribution in [2.75, 3.05) is 19.0 Å². The van der Waals surface area contributed by atoms with Gasteiger partial charge in [0.1, 0.15) is 11.5 Å². The standard InChI is InChI=1S/C20H24N6O4S/c1-22-12-9-26-19(30-10-12)17(8-23-26)31(21,29)25-20(28)24-18-13-4-2-3-11(13)7-15-14(18)5-6-16(15)27/h7-8,12,22H,2-6,9-10H2,1H3,(H3,21,24,25,28,29). The van der Waals surface area contributed by atoms with E-state index in [9.17, 15) is 13.8 Å². The normalized spacial score (nSPS) is 21.0. The average molecular weight is 445 g/mol. The molecule has 164 valence electrons. The smallest absolute Gasteiger partial charge is 0.354 e. The van der Waals surface area contributed by atoms with Gasteiger partial charge in [-0.1, -0.05) is 0 Å². The zero-order chi connectivity index (χ0) is 21.8. The number of amides is 2. The minimum Gasteiger partial charge on any atom is -0.475 e. The Kier molecular flexibility index (Phi) is 4.83. The van der Waals surface area contributed by atoms with Crippen molar-refractivity contribution in [2.45, 2.75) is 49.6 Å². The van der Waals surface area contributed by atoms with Gasteiger partial charge in [0.2, 0.25) is 5.88 Å². The third-order valence-corrected chi connectivity index (χ3v) is 7.51. The first kappa shape index (κ1) is 20.2. The molecule has 5 rings (SSSR count). The third kappa shape index (κ3) is 3.42. The molecular formula is C20H24N6O4S. The average Bonchev–Trinajstić information content (AvgIpc) is 3.45. The van der Waals surface area contributed by atoms with Crippen molar-refractivity contribution in [2.24, 2.45) is 9.50 Å². The maximum absolute atomic E-state index is 13.1. The Morgan fingerprint density at radius 2 is 2.16 bits per heavy atom. The molecule has 2 aliphatic carbocycles. The van der Waals surface area contributed by atoms with Crippen LogP contribution in [0.1, 0.15) is 39.9 Å². The Morgan fingerprint density at radius 1 is 1.32 bits per heavy atom. The van der Waals surface area contributed by atoms with E-state index in [-0.39, 0.29) is 22.6 Å². The lowest BCUT2D eigenvalue weighted by atomic mass is 9.98. The molecule has 0 spiro atoms. The highest BCUT2D eigenvalue weighted by atomic mass is 32.2. The molecule has 2 atom stereocenters. The van der Waals surface area contributed by atoms with Gasteiger partial charge in [-0.2, -0.15) is 5.10 Å². The van der Waals surface area contributed by atoms with Crippen molar-refractivity contribution in [3.05, 3.63) is 34.5 Å². The predicted octanol–water partition coefficient (Wildman–Crippen LogP) is 1.41. The summed E-state index contributed by atoms with van der Waals surface area (Å²) in [5.41, 5.74) is 4.25. The van der Waals surface area contributed by atoms with Crippen LogP contribution in [0, 0.1) is 0 Å². The van der Waals surface area contributed by atoms with Gasteiger partial charge in [0.25, 0.3) is 0 Å². The van der Waals surface area contributed by atoms with E-state index in [1.54, 1.807) is 4.68 Å². The van der Waals surface area contributed by atoms with E-state index in [1.807, 2.05) is 13.1 Å². The van der Waals surface area contributed by atoms with E-state index >= 15 is 0 Å². The van der Waals surface area contributed by atoms with Crippen LogP contribution in [-0.4, -0.2) is 45.5 Å². The molecule has 1 aromatic heterocycles. The molecule has 1 aromatic carbocycles. The van der Waals surface area contributed by atoms with Crippen LogP contribution in [0.5, 0.6) is 5.88 Å². The molecule has 31 heavy (non-hydrogen) atoms. The number of anilines is 1. The molecule has 0 fully saturated rings. The second-order valence-corrected chi connectivity index (χ2v) is 9.83. The lowest BCUT2D eigenvalue weighted by Gasteiger charge is -2.24. The van der Waals surface area contributed by atoms with Crippen LogP contribution < -0.4 is 20.5 Å². The molecule has 2 heterocycles. The Bertz CT molecular complexity index is 1230. The number of carbonyl (C=O) groups excluding carboxylic acids is 2. The van der Waals surface area contributed by atoms with E-state index in [1.165, 1.54) is 6.20 Å². The van der Waals surface area contributed by atoms with E-state index < -0.39 is 15.9 Å². The fourth-order valence-corrected chi connectivity index (χ4v) is 5.58. The number of ketones is 1. The molecule has 0 saturated heterocycles. The number of aryl methyl sites for hydroxylation is 1. The van der Waals surface area contributed by atoms with Crippen molar-refractivity contribution in [1.82, 2.24) is 15.1 Å². The zero-order valence-corrected chi connectivity index (χ0v) is 18.0. The molecule has 3 aliphatic rings. The van der Waals surface area contributed by atoms with Crippen molar-refractivity contribution in [3.63, 3.8) is 0 Å². The minimum absolute atomic E-state index is 0.0688. The van der Waals surface area contributed by atoms with Gasteiger partial charge in [-0.25, -0.2) is 18.8 Å². The van der Waals surface area contributed by atoms with Crippen LogP contribution >= 0.6 is 0 Å². The third-order valence-electron chi connectivity index (χ3n) is 6.16. The molecule has 0 saturated carbocycles. The molecular weight excluding hydrogens is 420 g/mol.